The lowest BCUT2D eigenvalue weighted by Gasteiger charge is -2.08. The van der Waals surface area contributed by atoms with Gasteiger partial charge in [0.1, 0.15) is 5.75 Å². The van der Waals surface area contributed by atoms with Crippen LogP contribution in [0.3, 0.4) is 0 Å². The van der Waals surface area contributed by atoms with Crippen molar-refractivity contribution in [1.29, 1.82) is 0 Å². The number of nitrogens with two attached hydrogens (primary N) is 1. The molecule has 0 bridgehead atoms. The van der Waals surface area contributed by atoms with Crippen molar-refractivity contribution in [1.82, 2.24) is 0 Å². The second-order valence-corrected chi connectivity index (χ2v) is 2.85. The number of rotatable bonds is 3. The average Bonchev–Trinajstić information content (AvgIpc) is 2.17. The molecule has 0 aliphatic carbocycles. The van der Waals surface area contributed by atoms with Crippen LogP contribution < -0.4 is 10.5 Å². The van der Waals surface area contributed by atoms with Gasteiger partial charge in [0, 0.05) is 11.9 Å². The third-order valence-corrected chi connectivity index (χ3v) is 2.02. The van der Waals surface area contributed by atoms with Crippen LogP contribution in [0.2, 0.25) is 0 Å². The lowest BCUT2D eigenvalue weighted by molar-refractivity contribution is 0.414. The van der Waals surface area contributed by atoms with E-state index in [4.69, 9.17) is 22.1 Å². The Labute approximate surface area is 77.3 Å². The molecule has 0 aliphatic heterocycles. The van der Waals surface area contributed by atoms with Crippen molar-refractivity contribution in [3.8, 4) is 5.75 Å². The molecule has 66 valence electrons. The van der Waals surface area contributed by atoms with Crippen LogP contribution in [-0.4, -0.2) is 13.0 Å². The smallest absolute Gasteiger partial charge is 0.119 e. The molecule has 0 saturated heterocycles. The van der Waals surface area contributed by atoms with Crippen LogP contribution in [0.5, 0.6) is 5.75 Å². The van der Waals surface area contributed by atoms with Crippen LogP contribution in [0.25, 0.3) is 0 Å². The van der Waals surface area contributed by atoms with Gasteiger partial charge in [-0.1, -0.05) is 12.1 Å². The fourth-order valence-corrected chi connectivity index (χ4v) is 1.14. The van der Waals surface area contributed by atoms with E-state index < -0.39 is 0 Å². The van der Waals surface area contributed by atoms with E-state index in [0.29, 0.717) is 5.88 Å². The number of ether oxygens (including phenoxy) is 1. The minimum absolute atomic E-state index is 0.109. The zero-order valence-corrected chi connectivity index (χ0v) is 7.71. The Morgan fingerprint density at radius 2 is 2.33 bits per heavy atom. The van der Waals surface area contributed by atoms with E-state index in [1.807, 2.05) is 24.3 Å². The van der Waals surface area contributed by atoms with Crippen molar-refractivity contribution in [2.45, 2.75) is 6.04 Å². The first-order valence-corrected chi connectivity index (χ1v) is 4.27. The van der Waals surface area contributed by atoms with Gasteiger partial charge >= 0.3 is 0 Å². The number of hydrogen-bond donors (Lipinski definition) is 1. The fourth-order valence-electron chi connectivity index (χ4n) is 0.961. The van der Waals surface area contributed by atoms with E-state index in [-0.39, 0.29) is 6.04 Å². The minimum Gasteiger partial charge on any atom is -0.497 e. The summed E-state index contributed by atoms with van der Waals surface area (Å²) in [6.07, 6.45) is 0. The highest BCUT2D eigenvalue weighted by Crippen LogP contribution is 2.17. The largest absolute Gasteiger partial charge is 0.497 e. The summed E-state index contributed by atoms with van der Waals surface area (Å²) in [6, 6.07) is 7.51. The Morgan fingerprint density at radius 1 is 1.58 bits per heavy atom. The SMILES string of the molecule is COc1cccc([C@H](N)CCl)c1. The van der Waals surface area contributed by atoms with Gasteiger partial charge in [0.25, 0.3) is 0 Å². The maximum absolute atomic E-state index is 5.73. The van der Waals surface area contributed by atoms with Crippen LogP contribution in [0.15, 0.2) is 24.3 Å². The Morgan fingerprint density at radius 3 is 2.92 bits per heavy atom. The number of alkyl halides is 1. The van der Waals surface area contributed by atoms with Gasteiger partial charge in [-0.05, 0) is 17.7 Å². The number of benzene rings is 1. The molecule has 1 aromatic rings. The third-order valence-electron chi connectivity index (χ3n) is 1.69. The van der Waals surface area contributed by atoms with Crippen LogP contribution in [-0.2, 0) is 0 Å². The van der Waals surface area contributed by atoms with Crippen LogP contribution >= 0.6 is 11.6 Å². The number of methoxy groups -OCH3 is 1. The molecular formula is C9H12ClNO. The van der Waals surface area contributed by atoms with Crippen molar-refractivity contribution in [3.63, 3.8) is 0 Å². The summed E-state index contributed by atoms with van der Waals surface area (Å²) in [7, 11) is 1.63. The van der Waals surface area contributed by atoms with Gasteiger partial charge in [-0.3, -0.25) is 0 Å². The predicted octanol–water partition coefficient (Wildman–Crippen LogP) is 1.93. The number of hydrogen-bond acceptors (Lipinski definition) is 2. The molecule has 2 N–H and O–H groups in total. The first-order chi connectivity index (χ1) is 5.77. The molecule has 1 atom stereocenters. The molecule has 0 fully saturated rings. The molecule has 0 spiro atoms. The molecular weight excluding hydrogens is 174 g/mol. The molecule has 0 radical (unpaired) electrons. The highest BCUT2D eigenvalue weighted by molar-refractivity contribution is 6.18. The van der Waals surface area contributed by atoms with Gasteiger partial charge in [-0.15, -0.1) is 11.6 Å². The van der Waals surface area contributed by atoms with Crippen LogP contribution in [0.4, 0.5) is 0 Å². The van der Waals surface area contributed by atoms with Crippen LogP contribution in [0.1, 0.15) is 11.6 Å². The van der Waals surface area contributed by atoms with Crippen molar-refractivity contribution in [2.75, 3.05) is 13.0 Å². The van der Waals surface area contributed by atoms with E-state index in [9.17, 15) is 0 Å². The average molecular weight is 186 g/mol. The number of halogens is 1. The maximum Gasteiger partial charge on any atom is 0.119 e. The lowest BCUT2D eigenvalue weighted by atomic mass is 10.1. The van der Waals surface area contributed by atoms with Gasteiger partial charge in [0.2, 0.25) is 0 Å². The van der Waals surface area contributed by atoms with E-state index >= 15 is 0 Å². The topological polar surface area (TPSA) is 35.2 Å². The van der Waals surface area contributed by atoms with Crippen molar-refractivity contribution >= 4 is 11.6 Å². The molecule has 1 rings (SSSR count). The lowest BCUT2D eigenvalue weighted by Crippen LogP contribution is -2.11. The first kappa shape index (κ1) is 9.36. The summed E-state index contributed by atoms with van der Waals surface area (Å²) in [4.78, 5) is 0. The predicted molar refractivity (Wildman–Crippen MR) is 50.6 cm³/mol. The fraction of sp³-hybridized carbons (Fsp3) is 0.333. The van der Waals surface area contributed by atoms with Gasteiger partial charge < -0.3 is 10.5 Å². The second-order valence-electron chi connectivity index (χ2n) is 2.54. The van der Waals surface area contributed by atoms with E-state index in [0.717, 1.165) is 11.3 Å². The highest BCUT2D eigenvalue weighted by Gasteiger charge is 2.03. The van der Waals surface area contributed by atoms with Crippen molar-refractivity contribution < 1.29 is 4.74 Å². The van der Waals surface area contributed by atoms with E-state index in [2.05, 4.69) is 0 Å². The zero-order chi connectivity index (χ0) is 8.97. The molecule has 3 heteroatoms. The molecule has 1 aromatic carbocycles. The molecule has 12 heavy (non-hydrogen) atoms. The van der Waals surface area contributed by atoms with E-state index in [1.165, 1.54) is 0 Å². The Kier molecular flexibility index (Phi) is 3.38. The monoisotopic (exact) mass is 185 g/mol. The summed E-state index contributed by atoms with van der Waals surface area (Å²) < 4.78 is 5.05. The van der Waals surface area contributed by atoms with E-state index in [1.54, 1.807) is 7.11 Å². The molecule has 0 heterocycles. The highest BCUT2D eigenvalue weighted by atomic mass is 35.5. The van der Waals surface area contributed by atoms with Crippen LogP contribution in [0, 0.1) is 0 Å². The standard InChI is InChI=1S/C9H12ClNO/c1-12-8-4-2-3-7(5-8)9(11)6-10/h2-5,9H,6,11H2,1H3/t9-/m1/s1. The third kappa shape index (κ3) is 2.13. The Hall–Kier alpha value is -0.730. The second kappa shape index (κ2) is 4.33. The summed E-state index contributed by atoms with van der Waals surface area (Å²) in [5.74, 6) is 1.24. The summed E-state index contributed by atoms with van der Waals surface area (Å²) >= 11 is 5.62. The van der Waals surface area contributed by atoms with Gasteiger partial charge in [0.15, 0.2) is 0 Å². The molecule has 2 nitrogen and oxygen atoms in total. The molecule has 0 unspecified atom stereocenters. The van der Waals surface area contributed by atoms with Gasteiger partial charge in [-0.2, -0.15) is 0 Å². The Bertz CT molecular complexity index is 252. The molecule has 0 aliphatic rings. The minimum atomic E-state index is -0.109. The quantitative estimate of drug-likeness (QED) is 0.731. The summed E-state index contributed by atoms with van der Waals surface area (Å²) in [6.45, 7) is 0. The normalized spacial score (nSPS) is 12.6. The van der Waals surface area contributed by atoms with Crippen molar-refractivity contribution in [3.05, 3.63) is 29.8 Å². The summed E-state index contributed by atoms with van der Waals surface area (Å²) in [5.41, 5.74) is 6.73. The van der Waals surface area contributed by atoms with Gasteiger partial charge in [-0.25, -0.2) is 0 Å². The Balaban J connectivity index is 2.86. The zero-order valence-electron chi connectivity index (χ0n) is 6.96. The van der Waals surface area contributed by atoms with Gasteiger partial charge in [0.05, 0.1) is 7.11 Å². The maximum atomic E-state index is 5.73. The van der Waals surface area contributed by atoms with Crippen molar-refractivity contribution in [2.24, 2.45) is 5.73 Å². The molecule has 0 aromatic heterocycles. The first-order valence-electron chi connectivity index (χ1n) is 3.73. The summed E-state index contributed by atoms with van der Waals surface area (Å²) in [5, 5.41) is 0. The molecule has 0 saturated carbocycles. The molecule has 0 amide bonds.